The summed E-state index contributed by atoms with van der Waals surface area (Å²) in [6.07, 6.45) is 5.10. The van der Waals surface area contributed by atoms with Gasteiger partial charge >= 0.3 is 0 Å². The Labute approximate surface area is 248 Å². The minimum atomic E-state index is -0.413. The Bertz CT molecular complexity index is 1500. The van der Waals surface area contributed by atoms with E-state index in [-0.39, 0.29) is 45.7 Å². The molecule has 0 saturated carbocycles. The van der Waals surface area contributed by atoms with Crippen molar-refractivity contribution in [2.24, 2.45) is 5.92 Å². The van der Waals surface area contributed by atoms with Crippen LogP contribution in [0.25, 0.3) is 11.6 Å². The van der Waals surface area contributed by atoms with Crippen molar-refractivity contribution >= 4 is 58.4 Å². The molecule has 3 aromatic rings. The van der Waals surface area contributed by atoms with E-state index in [1.54, 1.807) is 24.4 Å². The molecule has 13 heteroatoms. The highest BCUT2D eigenvalue weighted by Gasteiger charge is 2.38. The maximum Gasteiger partial charge on any atom is 0.260 e. The van der Waals surface area contributed by atoms with Crippen molar-refractivity contribution in [1.29, 1.82) is 0 Å². The van der Waals surface area contributed by atoms with Gasteiger partial charge in [0.1, 0.15) is 5.15 Å². The van der Waals surface area contributed by atoms with Gasteiger partial charge in [0.2, 0.25) is 11.7 Å². The van der Waals surface area contributed by atoms with Gasteiger partial charge in [-0.25, -0.2) is 4.98 Å². The zero-order chi connectivity index (χ0) is 29.8. The smallest absolute Gasteiger partial charge is 0.260 e. The van der Waals surface area contributed by atoms with E-state index in [0.29, 0.717) is 46.3 Å². The molecule has 2 amide bonds. The van der Waals surface area contributed by atoms with Crippen molar-refractivity contribution in [3.05, 3.63) is 50.9 Å². The maximum atomic E-state index is 13.8. The minimum Gasteiger partial charge on any atom is -0.492 e. The van der Waals surface area contributed by atoms with Crippen LogP contribution in [0, 0.1) is 5.92 Å². The van der Waals surface area contributed by atoms with E-state index in [4.69, 9.17) is 43.1 Å². The number of H-pyrrole nitrogens is 1. The third-order valence-electron chi connectivity index (χ3n) is 6.54. The van der Waals surface area contributed by atoms with E-state index >= 15 is 0 Å². The lowest BCUT2D eigenvalue weighted by atomic mass is 10.1. The van der Waals surface area contributed by atoms with Gasteiger partial charge in [-0.15, -0.1) is 0 Å². The van der Waals surface area contributed by atoms with Crippen LogP contribution in [0.4, 0.5) is 11.8 Å². The molecule has 218 valence electrons. The molecule has 41 heavy (non-hydrogen) atoms. The number of nitrogens with one attached hydrogen (secondary N) is 2. The molecule has 4 rings (SSSR count). The molecule has 4 N–H and O–H groups in total. The van der Waals surface area contributed by atoms with Crippen LogP contribution in [-0.4, -0.2) is 54.6 Å². The molecule has 2 aromatic heterocycles. The predicted octanol–water partition coefficient (Wildman–Crippen LogP) is 4.97. The molecule has 0 bridgehead atoms. The number of rotatable bonds is 11. The first-order valence-corrected chi connectivity index (χ1v) is 13.7. The molecule has 0 radical (unpaired) electrons. The Morgan fingerprint density at radius 1 is 1.12 bits per heavy atom. The molecule has 0 aliphatic carbocycles. The zero-order valence-electron chi connectivity index (χ0n) is 23.4. The summed E-state index contributed by atoms with van der Waals surface area (Å²) in [5.74, 6) is 0.987. The Morgan fingerprint density at radius 2 is 1.83 bits per heavy atom. The second kappa shape index (κ2) is 12.7. The van der Waals surface area contributed by atoms with Crippen molar-refractivity contribution in [3.63, 3.8) is 0 Å². The average Bonchev–Trinajstić information content (AvgIpc) is 3.49. The van der Waals surface area contributed by atoms with Gasteiger partial charge in [0.05, 0.1) is 49.6 Å². The zero-order valence-corrected chi connectivity index (χ0v) is 24.9. The van der Waals surface area contributed by atoms with Crippen molar-refractivity contribution < 1.29 is 23.8 Å². The van der Waals surface area contributed by atoms with Crippen LogP contribution >= 0.6 is 23.2 Å². The highest BCUT2D eigenvalue weighted by Crippen LogP contribution is 2.47. The van der Waals surface area contributed by atoms with Gasteiger partial charge in [0, 0.05) is 24.0 Å². The number of nitrogens with zero attached hydrogens (tertiary/aromatic N) is 3. The quantitative estimate of drug-likeness (QED) is 0.158. The number of aromatic nitrogens is 3. The Morgan fingerprint density at radius 3 is 2.49 bits per heavy atom. The lowest BCUT2D eigenvalue weighted by Crippen LogP contribution is -2.27. The van der Waals surface area contributed by atoms with E-state index in [1.165, 1.54) is 26.2 Å². The molecule has 0 saturated heterocycles. The fraction of sp³-hybridized carbons (Fsp3) is 0.357. The minimum absolute atomic E-state index is 0.00599. The Hall–Kier alpha value is -3.96. The summed E-state index contributed by atoms with van der Waals surface area (Å²) >= 11 is 12.9. The number of benzene rings is 1. The standard InChI is InChI=1S/C28H32Cl2N6O5/c1-14(2)7-6-8-32-26(37)15-9-17(33-12-15)11-18-20-24(30)34-28(31)35-25(20)36(27(18)38)13-16-10-19(29)22(40-4)23(41-5)21(16)39-3/h9-12,14,33H,6-8,13H2,1-5H3,(H,32,37)(H2,31,34,35)/b18-11-. The van der Waals surface area contributed by atoms with E-state index in [9.17, 15) is 9.59 Å². The van der Waals surface area contributed by atoms with Gasteiger partial charge in [-0.2, -0.15) is 4.98 Å². The van der Waals surface area contributed by atoms with Gasteiger partial charge < -0.3 is 30.2 Å². The molecular formula is C28H32Cl2N6O5. The van der Waals surface area contributed by atoms with E-state index < -0.39 is 5.91 Å². The molecule has 3 heterocycles. The molecule has 0 fully saturated rings. The van der Waals surface area contributed by atoms with Crippen LogP contribution in [0.15, 0.2) is 18.3 Å². The van der Waals surface area contributed by atoms with Crippen LogP contribution in [0.1, 0.15) is 53.9 Å². The first-order chi connectivity index (χ1) is 19.6. The molecule has 1 aromatic carbocycles. The second-order valence-electron chi connectivity index (χ2n) is 9.77. The van der Waals surface area contributed by atoms with Gasteiger partial charge in [0.25, 0.3) is 11.8 Å². The number of aromatic amines is 1. The largest absolute Gasteiger partial charge is 0.492 e. The van der Waals surface area contributed by atoms with E-state index in [2.05, 4.69) is 34.1 Å². The van der Waals surface area contributed by atoms with Crippen LogP contribution in [0.3, 0.4) is 0 Å². The number of nitrogens with two attached hydrogens (primary N) is 1. The normalized spacial score (nSPS) is 13.6. The molecule has 0 atom stereocenters. The number of nitrogen functional groups attached to an aromatic ring is 1. The summed E-state index contributed by atoms with van der Waals surface area (Å²) in [6.45, 7) is 4.86. The number of carbonyl (C=O) groups excluding carboxylic acids is 2. The van der Waals surface area contributed by atoms with Gasteiger partial charge in [0.15, 0.2) is 17.3 Å². The summed E-state index contributed by atoms with van der Waals surface area (Å²) in [7, 11) is 4.40. The Balaban J connectivity index is 1.68. The summed E-state index contributed by atoms with van der Waals surface area (Å²) in [5.41, 5.74) is 7.92. The molecule has 0 spiro atoms. The fourth-order valence-electron chi connectivity index (χ4n) is 4.62. The van der Waals surface area contributed by atoms with Crippen molar-refractivity contribution in [1.82, 2.24) is 20.3 Å². The number of halogens is 2. The summed E-state index contributed by atoms with van der Waals surface area (Å²) in [5, 5.41) is 3.20. The monoisotopic (exact) mass is 602 g/mol. The van der Waals surface area contributed by atoms with Crippen molar-refractivity contribution in [2.75, 3.05) is 38.5 Å². The average molecular weight is 604 g/mol. The number of hydrogen-bond acceptors (Lipinski definition) is 8. The number of hydrogen-bond donors (Lipinski definition) is 3. The number of ether oxygens (including phenoxy) is 3. The Kier molecular flexibility index (Phi) is 9.29. The number of methoxy groups -OCH3 is 3. The molecule has 1 aliphatic heterocycles. The van der Waals surface area contributed by atoms with Crippen molar-refractivity contribution in [3.8, 4) is 17.2 Å². The van der Waals surface area contributed by atoms with Crippen LogP contribution < -0.4 is 30.2 Å². The van der Waals surface area contributed by atoms with Crippen molar-refractivity contribution in [2.45, 2.75) is 33.2 Å². The lowest BCUT2D eigenvalue weighted by Gasteiger charge is -2.21. The van der Waals surface area contributed by atoms with Gasteiger partial charge in [-0.05, 0) is 37.0 Å². The number of amides is 2. The predicted molar refractivity (Wildman–Crippen MR) is 159 cm³/mol. The SMILES string of the molecule is COc1c(Cl)cc(CN2C(=O)/C(=C\c3cc(C(=O)NCCCC(C)C)c[nH]3)c3c(Cl)nc(N)nc32)c(OC)c1OC. The van der Waals surface area contributed by atoms with Gasteiger partial charge in [-0.3, -0.25) is 14.5 Å². The topological polar surface area (TPSA) is 145 Å². The highest BCUT2D eigenvalue weighted by molar-refractivity contribution is 6.41. The first-order valence-electron chi connectivity index (χ1n) is 12.9. The summed E-state index contributed by atoms with van der Waals surface area (Å²) < 4.78 is 16.5. The molecule has 11 nitrogen and oxygen atoms in total. The number of fused-ring (bicyclic) bond motifs is 1. The number of anilines is 2. The van der Waals surface area contributed by atoms with Crippen LogP contribution in [-0.2, 0) is 11.3 Å². The summed E-state index contributed by atoms with van der Waals surface area (Å²) in [4.78, 5) is 39.3. The second-order valence-corrected chi connectivity index (χ2v) is 10.5. The van der Waals surface area contributed by atoms with E-state index in [0.717, 1.165) is 12.8 Å². The maximum absolute atomic E-state index is 13.8. The molecular weight excluding hydrogens is 571 g/mol. The lowest BCUT2D eigenvalue weighted by molar-refractivity contribution is -0.113. The summed E-state index contributed by atoms with van der Waals surface area (Å²) in [6, 6.07) is 3.28. The highest BCUT2D eigenvalue weighted by atomic mass is 35.5. The van der Waals surface area contributed by atoms with Crippen LogP contribution in [0.2, 0.25) is 10.2 Å². The molecule has 0 unspecified atom stereocenters. The fourth-order valence-corrected chi connectivity index (χ4v) is 5.19. The third kappa shape index (κ3) is 6.20. The van der Waals surface area contributed by atoms with E-state index in [1.807, 2.05) is 0 Å². The van der Waals surface area contributed by atoms with Gasteiger partial charge in [-0.1, -0.05) is 37.0 Å². The number of carbonyl (C=O) groups is 2. The first kappa shape index (κ1) is 30.0. The third-order valence-corrected chi connectivity index (χ3v) is 7.09. The molecule has 1 aliphatic rings. The van der Waals surface area contributed by atoms with Crippen LogP contribution in [0.5, 0.6) is 17.2 Å².